The quantitative estimate of drug-likeness (QED) is 0.533. The van der Waals surface area contributed by atoms with Crippen molar-refractivity contribution in [3.8, 4) is 5.75 Å². The minimum Gasteiger partial charge on any atom is -0.491 e. The van der Waals surface area contributed by atoms with Gasteiger partial charge in [-0.05, 0) is 12.5 Å². The van der Waals surface area contributed by atoms with Crippen molar-refractivity contribution in [3.63, 3.8) is 0 Å². The van der Waals surface area contributed by atoms with E-state index >= 15 is 0 Å². The molecule has 2 N–H and O–H groups in total. The Hall–Kier alpha value is -1.11. The third-order valence-corrected chi connectivity index (χ3v) is 2.09. The summed E-state index contributed by atoms with van der Waals surface area (Å²) in [5.41, 5.74) is 0.141. The van der Waals surface area contributed by atoms with E-state index < -0.39 is 12.9 Å². The Labute approximate surface area is 100 Å². The molecule has 0 spiro atoms. The molecule has 1 rings (SSSR count). The molecule has 4 nitrogen and oxygen atoms in total. The summed E-state index contributed by atoms with van der Waals surface area (Å²) >= 11 is 0. The fraction of sp³-hybridized carbons (Fsp3) is 0.455. The van der Waals surface area contributed by atoms with Gasteiger partial charge in [0.15, 0.2) is 0 Å². The van der Waals surface area contributed by atoms with Crippen LogP contribution in [0.15, 0.2) is 18.2 Å². The van der Waals surface area contributed by atoms with Gasteiger partial charge in [-0.25, -0.2) is 4.39 Å². The van der Waals surface area contributed by atoms with E-state index in [1.165, 1.54) is 6.07 Å². The molecular formula is C11H16BFO4. The molecule has 0 fully saturated rings. The molecule has 0 bridgehead atoms. The lowest BCUT2D eigenvalue weighted by Crippen LogP contribution is -2.32. The molecule has 0 radical (unpaired) electrons. The van der Waals surface area contributed by atoms with Crippen molar-refractivity contribution in [1.82, 2.24) is 0 Å². The molecule has 0 aliphatic carbocycles. The second kappa shape index (κ2) is 7.27. The highest BCUT2D eigenvalue weighted by molar-refractivity contribution is 6.59. The predicted octanol–water partition coefficient (Wildman–Crippen LogP) is 0.311. The van der Waals surface area contributed by atoms with Crippen molar-refractivity contribution in [2.75, 3.05) is 19.8 Å². The van der Waals surface area contributed by atoms with Crippen LogP contribution < -0.4 is 10.2 Å². The van der Waals surface area contributed by atoms with E-state index in [4.69, 9.17) is 19.5 Å². The van der Waals surface area contributed by atoms with Crippen LogP contribution in [0.5, 0.6) is 5.75 Å². The number of hydrogen-bond donors (Lipinski definition) is 2. The first-order chi connectivity index (χ1) is 8.15. The molecule has 17 heavy (non-hydrogen) atoms. The second-order valence-electron chi connectivity index (χ2n) is 3.52. The van der Waals surface area contributed by atoms with Crippen molar-refractivity contribution in [2.45, 2.75) is 13.3 Å². The average molecular weight is 242 g/mol. The molecule has 1 aromatic carbocycles. The van der Waals surface area contributed by atoms with Crippen LogP contribution in [0.4, 0.5) is 4.39 Å². The molecule has 1 aromatic rings. The van der Waals surface area contributed by atoms with Crippen LogP contribution in [-0.4, -0.2) is 37.0 Å². The van der Waals surface area contributed by atoms with Gasteiger partial charge in [0, 0.05) is 18.1 Å². The average Bonchev–Trinajstić information content (AvgIpc) is 2.28. The van der Waals surface area contributed by atoms with Crippen molar-refractivity contribution in [1.29, 1.82) is 0 Å². The van der Waals surface area contributed by atoms with Gasteiger partial charge in [0.2, 0.25) is 0 Å². The molecule has 0 aromatic heterocycles. The number of rotatable bonds is 7. The molecule has 0 saturated heterocycles. The Morgan fingerprint density at radius 2 is 2.00 bits per heavy atom. The molecule has 94 valence electrons. The first kappa shape index (κ1) is 14.0. The van der Waals surface area contributed by atoms with Crippen LogP contribution in [0.25, 0.3) is 0 Å². The van der Waals surface area contributed by atoms with Crippen LogP contribution in [-0.2, 0) is 4.74 Å². The zero-order chi connectivity index (χ0) is 12.7. The number of ether oxygens (including phenoxy) is 2. The highest BCUT2D eigenvalue weighted by Gasteiger charge is 2.17. The largest absolute Gasteiger partial charge is 0.492 e. The van der Waals surface area contributed by atoms with Gasteiger partial charge in [0.1, 0.15) is 18.2 Å². The molecule has 0 heterocycles. The summed E-state index contributed by atoms with van der Waals surface area (Å²) in [4.78, 5) is 0. The summed E-state index contributed by atoms with van der Waals surface area (Å²) in [5.74, 6) is -0.362. The molecule has 0 amide bonds. The summed E-state index contributed by atoms with van der Waals surface area (Å²) in [6.45, 7) is 3.25. The SMILES string of the molecule is CCCOCCOc1cc(F)ccc1B(O)O. The summed E-state index contributed by atoms with van der Waals surface area (Å²) in [6.07, 6.45) is 0.917. The number of halogens is 1. The second-order valence-corrected chi connectivity index (χ2v) is 3.52. The van der Waals surface area contributed by atoms with Crippen LogP contribution >= 0.6 is 0 Å². The monoisotopic (exact) mass is 242 g/mol. The van der Waals surface area contributed by atoms with E-state index in [1.807, 2.05) is 6.92 Å². The third kappa shape index (κ3) is 4.72. The summed E-state index contributed by atoms with van der Waals surface area (Å²) in [6, 6.07) is 3.55. The van der Waals surface area contributed by atoms with Crippen LogP contribution in [0, 0.1) is 5.82 Å². The first-order valence-corrected chi connectivity index (χ1v) is 5.51. The Kier molecular flexibility index (Phi) is 5.97. The fourth-order valence-corrected chi connectivity index (χ4v) is 1.30. The van der Waals surface area contributed by atoms with E-state index in [0.717, 1.165) is 18.6 Å². The first-order valence-electron chi connectivity index (χ1n) is 5.51. The van der Waals surface area contributed by atoms with Gasteiger partial charge in [-0.15, -0.1) is 0 Å². The lowest BCUT2D eigenvalue weighted by atomic mass is 9.79. The van der Waals surface area contributed by atoms with E-state index in [-0.39, 0.29) is 17.8 Å². The van der Waals surface area contributed by atoms with Gasteiger partial charge in [0.25, 0.3) is 0 Å². The molecule has 0 aliphatic heterocycles. The summed E-state index contributed by atoms with van der Waals surface area (Å²) < 4.78 is 23.4. The summed E-state index contributed by atoms with van der Waals surface area (Å²) in [5, 5.41) is 18.1. The smallest absolute Gasteiger partial charge is 0.491 e. The zero-order valence-corrected chi connectivity index (χ0v) is 9.73. The topological polar surface area (TPSA) is 58.9 Å². The maximum Gasteiger partial charge on any atom is 0.492 e. The van der Waals surface area contributed by atoms with Crippen molar-refractivity contribution < 1.29 is 23.9 Å². The van der Waals surface area contributed by atoms with Crippen LogP contribution in [0.2, 0.25) is 0 Å². The number of benzene rings is 1. The van der Waals surface area contributed by atoms with Gasteiger partial charge >= 0.3 is 7.12 Å². The Morgan fingerprint density at radius 3 is 2.65 bits per heavy atom. The summed E-state index contributed by atoms with van der Waals surface area (Å²) in [7, 11) is -1.68. The van der Waals surface area contributed by atoms with Crippen molar-refractivity contribution in [2.24, 2.45) is 0 Å². The molecular weight excluding hydrogens is 226 g/mol. The molecule has 0 aliphatic rings. The van der Waals surface area contributed by atoms with E-state index in [2.05, 4.69) is 0 Å². The standard InChI is InChI=1S/C11H16BFO4/c1-2-5-16-6-7-17-11-8-9(13)3-4-10(11)12(14)15/h3-4,8,14-15H,2,5-7H2,1H3. The number of hydrogen-bond acceptors (Lipinski definition) is 4. The van der Waals surface area contributed by atoms with Gasteiger partial charge in [-0.3, -0.25) is 0 Å². The minimum absolute atomic E-state index is 0.125. The van der Waals surface area contributed by atoms with Crippen LogP contribution in [0.1, 0.15) is 13.3 Å². The van der Waals surface area contributed by atoms with Gasteiger partial charge in [-0.1, -0.05) is 13.0 Å². The van der Waals surface area contributed by atoms with Gasteiger partial charge in [-0.2, -0.15) is 0 Å². The van der Waals surface area contributed by atoms with Gasteiger partial charge in [0.05, 0.1) is 6.61 Å². The highest BCUT2D eigenvalue weighted by atomic mass is 19.1. The Balaban J connectivity index is 2.53. The molecule has 6 heteroatoms. The molecule has 0 unspecified atom stereocenters. The Bertz CT molecular complexity index is 346. The maximum atomic E-state index is 13.0. The van der Waals surface area contributed by atoms with Crippen molar-refractivity contribution in [3.05, 3.63) is 24.0 Å². The maximum absolute atomic E-state index is 13.0. The molecule has 0 atom stereocenters. The molecule has 0 saturated carbocycles. The van der Waals surface area contributed by atoms with E-state index in [9.17, 15) is 4.39 Å². The Morgan fingerprint density at radius 1 is 1.24 bits per heavy atom. The van der Waals surface area contributed by atoms with Crippen molar-refractivity contribution >= 4 is 12.6 Å². The third-order valence-electron chi connectivity index (χ3n) is 2.09. The lowest BCUT2D eigenvalue weighted by Gasteiger charge is -2.11. The highest BCUT2D eigenvalue weighted by Crippen LogP contribution is 2.10. The fourth-order valence-electron chi connectivity index (χ4n) is 1.30. The normalized spacial score (nSPS) is 10.4. The zero-order valence-electron chi connectivity index (χ0n) is 9.73. The minimum atomic E-state index is -1.68. The van der Waals surface area contributed by atoms with E-state index in [0.29, 0.717) is 13.2 Å². The predicted molar refractivity (Wildman–Crippen MR) is 62.8 cm³/mol. The van der Waals surface area contributed by atoms with E-state index in [1.54, 1.807) is 0 Å². The lowest BCUT2D eigenvalue weighted by molar-refractivity contribution is 0.101. The van der Waals surface area contributed by atoms with Gasteiger partial charge < -0.3 is 19.5 Å². The van der Waals surface area contributed by atoms with Crippen LogP contribution in [0.3, 0.4) is 0 Å².